The largest absolute Gasteiger partial charge is 0.463 e. The quantitative estimate of drug-likeness (QED) is 0.455. The highest BCUT2D eigenvalue weighted by molar-refractivity contribution is 5.99. The van der Waals surface area contributed by atoms with E-state index in [-0.39, 0.29) is 12.3 Å². The Labute approximate surface area is 152 Å². The maximum atomic E-state index is 13.9. The first-order valence-corrected chi connectivity index (χ1v) is 7.85. The minimum atomic E-state index is -5.30. The van der Waals surface area contributed by atoms with E-state index >= 15 is 0 Å². The number of benzene rings is 2. The molecule has 9 heteroatoms. The molecule has 2 N–H and O–H groups in total. The molecule has 0 fully saturated rings. The molecule has 2 rings (SSSR count). The van der Waals surface area contributed by atoms with Crippen LogP contribution in [0.1, 0.15) is 17.3 Å². The van der Waals surface area contributed by atoms with Gasteiger partial charge in [0.15, 0.2) is 0 Å². The predicted octanol–water partition coefficient (Wildman–Crippen LogP) is 3.49. The number of anilines is 1. The zero-order chi connectivity index (χ0) is 20.1. The Morgan fingerprint density at radius 1 is 1.00 bits per heavy atom. The highest BCUT2D eigenvalue weighted by Crippen LogP contribution is 2.33. The molecule has 0 bridgehead atoms. The Balaban J connectivity index is 2.51. The molecular formula is C18H16F4N2O3. The molecule has 2 aromatic rings. The minimum Gasteiger partial charge on any atom is -0.463 e. The number of para-hydroxylation sites is 1. The van der Waals surface area contributed by atoms with Gasteiger partial charge < -0.3 is 15.4 Å². The molecule has 0 heterocycles. The van der Waals surface area contributed by atoms with E-state index in [1.165, 1.54) is 43.3 Å². The summed E-state index contributed by atoms with van der Waals surface area (Å²) in [6.45, 7) is 0.961. The maximum Gasteiger partial charge on any atom is 0.441 e. The summed E-state index contributed by atoms with van der Waals surface area (Å²) in [5, 5.41) is 3.55. The van der Waals surface area contributed by atoms with E-state index in [1.807, 2.05) is 5.32 Å². The van der Waals surface area contributed by atoms with E-state index in [1.54, 1.807) is 11.4 Å². The first-order chi connectivity index (χ1) is 12.7. The average Bonchev–Trinajstić information content (AvgIpc) is 2.61. The molecule has 0 aliphatic rings. The van der Waals surface area contributed by atoms with Crippen molar-refractivity contribution in [2.45, 2.75) is 18.8 Å². The molecule has 0 unspecified atom stereocenters. The summed E-state index contributed by atoms with van der Waals surface area (Å²) in [5.74, 6) is -4.23. The zero-order valence-electron chi connectivity index (χ0n) is 14.1. The molecular weight excluding hydrogens is 368 g/mol. The van der Waals surface area contributed by atoms with Gasteiger partial charge in [-0.1, -0.05) is 30.3 Å². The number of nitrogens with one attached hydrogen (secondary N) is 2. The summed E-state index contributed by atoms with van der Waals surface area (Å²) in [4.78, 5) is 24.6. The number of ether oxygens (including phenoxy) is 1. The molecule has 5 nitrogen and oxygen atoms in total. The molecule has 144 valence electrons. The number of carbonyl (C=O) groups excluding carboxylic acids is 2. The van der Waals surface area contributed by atoms with Gasteiger partial charge in [0.25, 0.3) is 5.91 Å². The van der Waals surface area contributed by atoms with Gasteiger partial charge >= 0.3 is 17.8 Å². The molecule has 27 heavy (non-hydrogen) atoms. The van der Waals surface area contributed by atoms with Crippen LogP contribution in [0, 0.1) is 5.82 Å². The van der Waals surface area contributed by atoms with Gasteiger partial charge in [0.2, 0.25) is 0 Å². The van der Waals surface area contributed by atoms with Crippen LogP contribution < -0.4 is 10.6 Å². The van der Waals surface area contributed by atoms with Crippen molar-refractivity contribution in [3.63, 3.8) is 0 Å². The van der Waals surface area contributed by atoms with E-state index in [9.17, 15) is 27.2 Å². The van der Waals surface area contributed by atoms with Crippen LogP contribution in [0.15, 0.2) is 54.6 Å². The lowest BCUT2D eigenvalue weighted by molar-refractivity contribution is -0.204. The fourth-order valence-corrected chi connectivity index (χ4v) is 2.25. The number of hydrogen-bond acceptors (Lipinski definition) is 4. The molecule has 0 radical (unpaired) electrons. The van der Waals surface area contributed by atoms with E-state index in [2.05, 4.69) is 4.74 Å². The second-order valence-electron chi connectivity index (χ2n) is 5.39. The van der Waals surface area contributed by atoms with Gasteiger partial charge in [-0.05, 0) is 31.2 Å². The first-order valence-electron chi connectivity index (χ1n) is 7.85. The lowest BCUT2D eigenvalue weighted by Crippen LogP contribution is -2.69. The van der Waals surface area contributed by atoms with Crippen molar-refractivity contribution < 1.29 is 31.9 Å². The van der Waals surface area contributed by atoms with Gasteiger partial charge in [-0.25, -0.2) is 9.18 Å². The third kappa shape index (κ3) is 4.36. The van der Waals surface area contributed by atoms with Crippen LogP contribution in [0.3, 0.4) is 0 Å². The first kappa shape index (κ1) is 20.2. The van der Waals surface area contributed by atoms with Crippen LogP contribution >= 0.6 is 0 Å². The van der Waals surface area contributed by atoms with Crippen molar-refractivity contribution in [2.24, 2.45) is 0 Å². The van der Waals surface area contributed by atoms with Crippen LogP contribution in [-0.4, -0.2) is 30.3 Å². The fraction of sp³-hybridized carbons (Fsp3) is 0.222. The summed E-state index contributed by atoms with van der Waals surface area (Å²) in [7, 11) is 0. The van der Waals surface area contributed by atoms with Crippen molar-refractivity contribution in [2.75, 3.05) is 11.9 Å². The number of alkyl halides is 3. The normalized spacial score (nSPS) is 13.4. The Morgan fingerprint density at radius 3 is 2.15 bits per heavy atom. The van der Waals surface area contributed by atoms with Crippen LogP contribution in [0.5, 0.6) is 0 Å². The summed E-state index contributed by atoms with van der Waals surface area (Å²) in [6.07, 6.45) is -5.30. The van der Waals surface area contributed by atoms with Crippen LogP contribution in [-0.2, 0) is 9.53 Å². The smallest absolute Gasteiger partial charge is 0.441 e. The van der Waals surface area contributed by atoms with Gasteiger partial charge in [-0.3, -0.25) is 4.79 Å². The number of halogens is 4. The van der Waals surface area contributed by atoms with Crippen LogP contribution in [0.4, 0.5) is 23.2 Å². The summed E-state index contributed by atoms with van der Waals surface area (Å²) in [5.41, 5.74) is -4.36. The van der Waals surface area contributed by atoms with Crippen molar-refractivity contribution >= 4 is 17.6 Å². The van der Waals surface area contributed by atoms with E-state index in [4.69, 9.17) is 0 Å². The monoisotopic (exact) mass is 384 g/mol. The Hall–Kier alpha value is -3.10. The van der Waals surface area contributed by atoms with Gasteiger partial charge in [0.1, 0.15) is 5.82 Å². The van der Waals surface area contributed by atoms with Gasteiger partial charge in [0.05, 0.1) is 12.2 Å². The van der Waals surface area contributed by atoms with Gasteiger partial charge in [-0.15, -0.1) is 0 Å². The second kappa shape index (κ2) is 8.07. The van der Waals surface area contributed by atoms with E-state index < -0.39 is 35.1 Å². The highest BCUT2D eigenvalue weighted by atomic mass is 19.4. The molecule has 1 amide bonds. The molecule has 0 aliphatic carbocycles. The molecule has 0 saturated heterocycles. The Bertz CT molecular complexity index is 812. The fourth-order valence-electron chi connectivity index (χ4n) is 2.25. The topological polar surface area (TPSA) is 67.4 Å². The number of carbonyl (C=O) groups is 2. The maximum absolute atomic E-state index is 13.9. The minimum absolute atomic E-state index is 0.100. The summed E-state index contributed by atoms with van der Waals surface area (Å²) < 4.78 is 60.2. The third-order valence-electron chi connectivity index (χ3n) is 3.53. The predicted molar refractivity (Wildman–Crippen MR) is 89.3 cm³/mol. The highest BCUT2D eigenvalue weighted by Gasteiger charge is 2.63. The average molecular weight is 384 g/mol. The molecule has 0 aliphatic heterocycles. The van der Waals surface area contributed by atoms with E-state index in [0.29, 0.717) is 0 Å². The van der Waals surface area contributed by atoms with E-state index in [0.717, 1.165) is 12.1 Å². The molecule has 0 saturated carbocycles. The molecule has 2 aromatic carbocycles. The van der Waals surface area contributed by atoms with Crippen LogP contribution in [0.2, 0.25) is 0 Å². The Kier molecular flexibility index (Phi) is 6.04. The Morgan fingerprint density at radius 2 is 1.59 bits per heavy atom. The number of esters is 1. The van der Waals surface area contributed by atoms with Crippen molar-refractivity contribution in [3.8, 4) is 0 Å². The molecule has 1 atom stereocenters. The SMILES string of the molecule is CCOC(=O)[C@@](NC(=O)c1ccccc1F)(Nc1ccccc1)C(F)(F)F. The second-order valence-corrected chi connectivity index (χ2v) is 5.39. The summed E-state index contributed by atoms with van der Waals surface area (Å²) >= 11 is 0. The zero-order valence-corrected chi connectivity index (χ0v) is 14.1. The van der Waals surface area contributed by atoms with Crippen molar-refractivity contribution in [3.05, 3.63) is 66.0 Å². The lowest BCUT2D eigenvalue weighted by atomic mass is 10.1. The van der Waals surface area contributed by atoms with Gasteiger partial charge in [-0.2, -0.15) is 13.2 Å². The number of hydrogen-bond donors (Lipinski definition) is 2. The standard InChI is InChI=1S/C18H16F4N2O3/c1-2-27-16(26)17(18(20,21)22,23-12-8-4-3-5-9-12)24-15(25)13-10-6-7-11-14(13)19/h3-11,23H,2H2,1H3,(H,24,25)/t17-/m0/s1. The number of amides is 1. The molecule has 0 spiro atoms. The summed E-state index contributed by atoms with van der Waals surface area (Å²) in [6, 6.07) is 11.4. The lowest BCUT2D eigenvalue weighted by Gasteiger charge is -2.35. The molecule has 0 aromatic heterocycles. The van der Waals surface area contributed by atoms with Crippen LogP contribution in [0.25, 0.3) is 0 Å². The third-order valence-corrected chi connectivity index (χ3v) is 3.53. The van der Waals surface area contributed by atoms with Crippen molar-refractivity contribution in [1.29, 1.82) is 0 Å². The van der Waals surface area contributed by atoms with Crippen molar-refractivity contribution in [1.82, 2.24) is 5.32 Å². The number of rotatable bonds is 6. The van der Waals surface area contributed by atoms with Gasteiger partial charge in [0, 0.05) is 5.69 Å².